The first-order valence-corrected chi connectivity index (χ1v) is 5.97. The van der Waals surface area contributed by atoms with Gasteiger partial charge in [0.15, 0.2) is 5.78 Å². The van der Waals surface area contributed by atoms with E-state index >= 15 is 0 Å². The third-order valence-electron chi connectivity index (χ3n) is 3.01. The molecule has 1 aromatic carbocycles. The molecule has 1 aliphatic heterocycles. The number of carbonyl (C=O) groups excluding carboxylic acids is 1. The van der Waals surface area contributed by atoms with Gasteiger partial charge in [-0.3, -0.25) is 4.79 Å². The van der Waals surface area contributed by atoms with E-state index in [-0.39, 0.29) is 12.3 Å². The quantitative estimate of drug-likeness (QED) is 0.740. The summed E-state index contributed by atoms with van der Waals surface area (Å²) in [6.45, 7) is 2.72. The molecule has 92 valence electrons. The van der Waals surface area contributed by atoms with Crippen molar-refractivity contribution in [2.24, 2.45) is 11.7 Å². The first kappa shape index (κ1) is 12.1. The lowest BCUT2D eigenvalue weighted by atomic mass is 10.1. The first-order valence-electron chi connectivity index (χ1n) is 5.97. The summed E-state index contributed by atoms with van der Waals surface area (Å²) in [5.41, 5.74) is 5.96. The molecule has 0 aliphatic carbocycles. The second-order valence-corrected chi connectivity index (χ2v) is 4.29. The molecule has 4 heteroatoms. The van der Waals surface area contributed by atoms with Crippen molar-refractivity contribution in [3.05, 3.63) is 29.8 Å². The monoisotopic (exact) mass is 234 g/mol. The minimum Gasteiger partial charge on any atom is -0.492 e. The molecule has 1 atom stereocenters. The number of Topliss-reactive ketones (excluding diaryl/α,β-unsaturated/α-hetero) is 1. The molecule has 0 saturated carbocycles. The van der Waals surface area contributed by atoms with Crippen molar-refractivity contribution in [2.75, 3.05) is 26.2 Å². The highest BCUT2D eigenvalue weighted by molar-refractivity contribution is 5.99. The maximum atomic E-state index is 11.6. The zero-order chi connectivity index (χ0) is 12.1. The van der Waals surface area contributed by atoms with Crippen LogP contribution in [-0.2, 0) is 0 Å². The van der Waals surface area contributed by atoms with Crippen molar-refractivity contribution >= 4 is 5.78 Å². The number of rotatable bonds is 5. The highest BCUT2D eigenvalue weighted by atomic mass is 16.5. The van der Waals surface area contributed by atoms with Crippen LogP contribution < -0.4 is 15.8 Å². The number of nitrogens with one attached hydrogen (secondary N) is 1. The van der Waals surface area contributed by atoms with Gasteiger partial charge >= 0.3 is 0 Å². The molecule has 1 saturated heterocycles. The summed E-state index contributed by atoms with van der Waals surface area (Å²) in [6.07, 6.45) is 1.13. The van der Waals surface area contributed by atoms with E-state index in [1.165, 1.54) is 0 Å². The van der Waals surface area contributed by atoms with Crippen LogP contribution >= 0.6 is 0 Å². The Labute approximate surface area is 101 Å². The summed E-state index contributed by atoms with van der Waals surface area (Å²) in [6, 6.07) is 7.28. The van der Waals surface area contributed by atoms with E-state index in [9.17, 15) is 4.79 Å². The Morgan fingerprint density at radius 2 is 2.29 bits per heavy atom. The van der Waals surface area contributed by atoms with Crippen molar-refractivity contribution in [3.8, 4) is 5.75 Å². The molecular formula is C13H18N2O2. The summed E-state index contributed by atoms with van der Waals surface area (Å²) in [4.78, 5) is 11.6. The van der Waals surface area contributed by atoms with Gasteiger partial charge < -0.3 is 15.8 Å². The maximum absolute atomic E-state index is 11.6. The first-order chi connectivity index (χ1) is 8.31. The SMILES string of the molecule is NCC(=O)c1ccccc1OCC1CCNC1. The van der Waals surface area contributed by atoms with Crippen molar-refractivity contribution < 1.29 is 9.53 Å². The van der Waals surface area contributed by atoms with E-state index in [2.05, 4.69) is 5.32 Å². The van der Waals surface area contributed by atoms with Gasteiger partial charge in [-0.1, -0.05) is 12.1 Å². The molecule has 0 radical (unpaired) electrons. The lowest BCUT2D eigenvalue weighted by Gasteiger charge is -2.13. The molecule has 1 heterocycles. The average Bonchev–Trinajstić information content (AvgIpc) is 2.89. The minimum atomic E-state index is -0.0786. The van der Waals surface area contributed by atoms with E-state index in [0.717, 1.165) is 19.5 Å². The zero-order valence-electron chi connectivity index (χ0n) is 9.82. The smallest absolute Gasteiger partial charge is 0.180 e. The molecule has 4 nitrogen and oxygen atoms in total. The van der Waals surface area contributed by atoms with Crippen molar-refractivity contribution in [2.45, 2.75) is 6.42 Å². The highest BCUT2D eigenvalue weighted by Crippen LogP contribution is 2.20. The van der Waals surface area contributed by atoms with Crippen LogP contribution in [0.1, 0.15) is 16.8 Å². The molecule has 1 aromatic rings. The number of nitrogens with two attached hydrogens (primary N) is 1. The molecule has 0 aromatic heterocycles. The number of ketones is 1. The Morgan fingerprint density at radius 3 is 3.00 bits per heavy atom. The molecule has 1 unspecified atom stereocenters. The second kappa shape index (κ2) is 5.80. The van der Waals surface area contributed by atoms with Crippen LogP contribution in [0, 0.1) is 5.92 Å². The summed E-state index contributed by atoms with van der Waals surface area (Å²) in [5.74, 6) is 1.11. The van der Waals surface area contributed by atoms with Gasteiger partial charge in [0.25, 0.3) is 0 Å². The number of ether oxygens (including phenoxy) is 1. The molecular weight excluding hydrogens is 216 g/mol. The predicted molar refractivity (Wildman–Crippen MR) is 66.3 cm³/mol. The third-order valence-corrected chi connectivity index (χ3v) is 3.01. The molecule has 0 spiro atoms. The summed E-state index contributed by atoms with van der Waals surface area (Å²) in [5, 5.41) is 3.29. The third kappa shape index (κ3) is 3.05. The molecule has 2 rings (SSSR count). The molecule has 0 bridgehead atoms. The molecule has 1 aliphatic rings. The fourth-order valence-corrected chi connectivity index (χ4v) is 2.00. The Bertz CT molecular complexity index is 387. The zero-order valence-corrected chi connectivity index (χ0v) is 9.82. The standard InChI is InChI=1S/C13H18N2O2/c14-7-12(16)11-3-1-2-4-13(11)17-9-10-5-6-15-8-10/h1-4,10,15H,5-9,14H2. The van der Waals surface area contributed by atoms with Crippen LogP contribution in [0.3, 0.4) is 0 Å². The Balaban J connectivity index is 2.01. The normalized spacial score (nSPS) is 19.2. The summed E-state index contributed by atoms with van der Waals surface area (Å²) >= 11 is 0. The molecule has 1 fully saturated rings. The van der Waals surface area contributed by atoms with E-state index in [0.29, 0.717) is 23.8 Å². The lowest BCUT2D eigenvalue weighted by molar-refractivity contribution is 0.0996. The summed E-state index contributed by atoms with van der Waals surface area (Å²) in [7, 11) is 0. The van der Waals surface area contributed by atoms with E-state index < -0.39 is 0 Å². The van der Waals surface area contributed by atoms with Crippen molar-refractivity contribution in [3.63, 3.8) is 0 Å². The number of hydrogen-bond acceptors (Lipinski definition) is 4. The molecule has 0 amide bonds. The minimum absolute atomic E-state index is 0.0192. The number of hydrogen-bond donors (Lipinski definition) is 2. The molecule has 17 heavy (non-hydrogen) atoms. The van der Waals surface area contributed by atoms with Crippen molar-refractivity contribution in [1.82, 2.24) is 5.32 Å². The van der Waals surface area contributed by atoms with Gasteiger partial charge in [0.1, 0.15) is 5.75 Å². The van der Waals surface area contributed by atoms with Gasteiger partial charge in [-0.15, -0.1) is 0 Å². The van der Waals surface area contributed by atoms with Gasteiger partial charge in [-0.2, -0.15) is 0 Å². The predicted octanol–water partition coefficient (Wildman–Crippen LogP) is 0.816. The molecule has 3 N–H and O–H groups in total. The number of benzene rings is 1. The van der Waals surface area contributed by atoms with Gasteiger partial charge in [0, 0.05) is 12.5 Å². The van der Waals surface area contributed by atoms with Crippen LogP contribution in [0.2, 0.25) is 0 Å². The lowest BCUT2D eigenvalue weighted by Crippen LogP contribution is -2.18. The van der Waals surface area contributed by atoms with Gasteiger partial charge in [-0.05, 0) is 25.1 Å². The van der Waals surface area contributed by atoms with Crippen LogP contribution in [0.25, 0.3) is 0 Å². The van der Waals surface area contributed by atoms with E-state index in [1.54, 1.807) is 6.07 Å². The van der Waals surface area contributed by atoms with E-state index in [4.69, 9.17) is 10.5 Å². The second-order valence-electron chi connectivity index (χ2n) is 4.29. The Hall–Kier alpha value is -1.39. The van der Waals surface area contributed by atoms with Crippen molar-refractivity contribution in [1.29, 1.82) is 0 Å². The number of carbonyl (C=O) groups is 1. The van der Waals surface area contributed by atoms with Crippen LogP contribution in [0.15, 0.2) is 24.3 Å². The largest absolute Gasteiger partial charge is 0.492 e. The van der Waals surface area contributed by atoms with Gasteiger partial charge in [0.05, 0.1) is 18.7 Å². The Kier molecular flexibility index (Phi) is 4.12. The summed E-state index contributed by atoms with van der Waals surface area (Å²) < 4.78 is 5.73. The maximum Gasteiger partial charge on any atom is 0.180 e. The van der Waals surface area contributed by atoms with Gasteiger partial charge in [-0.25, -0.2) is 0 Å². The average molecular weight is 234 g/mol. The topological polar surface area (TPSA) is 64.4 Å². The van der Waals surface area contributed by atoms with Crippen LogP contribution in [0.5, 0.6) is 5.75 Å². The van der Waals surface area contributed by atoms with E-state index in [1.807, 2.05) is 18.2 Å². The van der Waals surface area contributed by atoms with Gasteiger partial charge in [0.2, 0.25) is 0 Å². The van der Waals surface area contributed by atoms with Crippen LogP contribution in [-0.4, -0.2) is 32.0 Å². The number of para-hydroxylation sites is 1. The highest BCUT2D eigenvalue weighted by Gasteiger charge is 2.16. The Morgan fingerprint density at radius 1 is 1.47 bits per heavy atom. The van der Waals surface area contributed by atoms with Crippen LogP contribution in [0.4, 0.5) is 0 Å². The fraction of sp³-hybridized carbons (Fsp3) is 0.462. The fourth-order valence-electron chi connectivity index (χ4n) is 2.00.